The molecule has 1 fully saturated rings. The Hall–Kier alpha value is -4.22. The highest BCUT2D eigenvalue weighted by Crippen LogP contribution is 2.40. The van der Waals surface area contributed by atoms with Crippen LogP contribution in [0.1, 0.15) is 19.0 Å². The van der Waals surface area contributed by atoms with Crippen LogP contribution in [-0.4, -0.2) is 79.9 Å². The van der Waals surface area contributed by atoms with E-state index in [0.717, 1.165) is 23.4 Å². The molecule has 0 saturated carbocycles. The van der Waals surface area contributed by atoms with Gasteiger partial charge in [-0.3, -0.25) is 14.5 Å². The molecule has 2 aliphatic heterocycles. The van der Waals surface area contributed by atoms with E-state index in [4.69, 9.17) is 16.3 Å². The third-order valence-electron chi connectivity index (χ3n) is 6.36. The summed E-state index contributed by atoms with van der Waals surface area (Å²) in [5.74, 6) is -1.72. The van der Waals surface area contributed by atoms with Crippen molar-refractivity contribution in [2.75, 3.05) is 36.5 Å². The van der Waals surface area contributed by atoms with E-state index in [0.29, 0.717) is 30.2 Å². The van der Waals surface area contributed by atoms with E-state index in [2.05, 4.69) is 25.9 Å². The molecule has 2 amide bonds. The number of aromatic nitrogens is 4. The Kier molecular flexibility index (Phi) is 8.36. The van der Waals surface area contributed by atoms with Crippen LogP contribution in [0.25, 0.3) is 5.65 Å². The zero-order chi connectivity index (χ0) is 29.1. The number of nitrogen functional groups attached to an aromatic ring is 1. The van der Waals surface area contributed by atoms with Crippen LogP contribution in [-0.2, 0) is 25.8 Å². The molecule has 0 unspecified atom stereocenters. The molecule has 0 spiro atoms. The van der Waals surface area contributed by atoms with Gasteiger partial charge in [0.15, 0.2) is 22.9 Å². The second-order valence-electron chi connectivity index (χ2n) is 9.05. The number of fused-ring (bicyclic) bond motifs is 2. The molecule has 3 aromatic rings. The number of imidazole rings is 1. The lowest BCUT2D eigenvalue weighted by molar-refractivity contribution is -0.662. The van der Waals surface area contributed by atoms with Crippen molar-refractivity contribution < 1.29 is 28.9 Å². The number of anilines is 2. The van der Waals surface area contributed by atoms with Gasteiger partial charge in [-0.05, 0) is 26.0 Å². The summed E-state index contributed by atoms with van der Waals surface area (Å²) in [6, 6.07) is 2.73. The number of amides is 2. The number of β-lactam (4-membered cyclic amide) rings is 1. The van der Waals surface area contributed by atoms with Gasteiger partial charge in [0.1, 0.15) is 36.5 Å². The molecule has 2 aliphatic rings. The maximum atomic E-state index is 13.2. The Morgan fingerprint density at radius 1 is 1.37 bits per heavy atom. The van der Waals surface area contributed by atoms with Gasteiger partial charge in [-0.1, -0.05) is 14.8 Å². The molecule has 2 atom stereocenters. The van der Waals surface area contributed by atoms with Gasteiger partial charge in [-0.25, -0.2) is 9.55 Å². The van der Waals surface area contributed by atoms with E-state index >= 15 is 0 Å². The molecule has 3 aromatic heterocycles. The van der Waals surface area contributed by atoms with Gasteiger partial charge in [-0.15, -0.1) is 23.1 Å². The fourth-order valence-corrected chi connectivity index (χ4v) is 6.36. The minimum absolute atomic E-state index is 0.133. The normalized spacial score (nSPS) is 18.7. The highest BCUT2D eigenvalue weighted by Gasteiger charge is 2.53. The molecule has 41 heavy (non-hydrogen) atoms. The van der Waals surface area contributed by atoms with Gasteiger partial charge < -0.3 is 36.8 Å². The maximum Gasteiger partial charge on any atom is 0.307 e. The number of carbonyl (C=O) groups excluding carboxylic acids is 3. The highest BCUT2D eigenvalue weighted by atomic mass is 32.2. The molecule has 5 rings (SSSR count). The van der Waals surface area contributed by atoms with E-state index in [9.17, 15) is 19.5 Å². The van der Waals surface area contributed by atoms with Gasteiger partial charge in [-0.2, -0.15) is 0 Å². The lowest BCUT2D eigenvalue weighted by Gasteiger charge is -2.50. The highest BCUT2D eigenvalue weighted by molar-refractivity contribution is 8.00. The van der Waals surface area contributed by atoms with Gasteiger partial charge in [0.2, 0.25) is 0 Å². The van der Waals surface area contributed by atoms with Crippen LogP contribution in [0.3, 0.4) is 0 Å². The molecule has 5 heterocycles. The number of thiazole rings is 1. The first kappa shape index (κ1) is 28.3. The van der Waals surface area contributed by atoms with Crippen molar-refractivity contribution in [3.63, 3.8) is 0 Å². The van der Waals surface area contributed by atoms with Crippen LogP contribution in [0.5, 0.6) is 0 Å². The number of carbonyl (C=O) groups is 3. The molecular formula is C24H28N10O5S2. The molecule has 0 aliphatic carbocycles. The van der Waals surface area contributed by atoms with Crippen LogP contribution in [0.4, 0.5) is 10.9 Å². The molecule has 17 heteroatoms. The Morgan fingerprint density at radius 2 is 2.20 bits per heavy atom. The van der Waals surface area contributed by atoms with E-state index in [1.165, 1.54) is 16.7 Å². The standard InChI is InChI=1S/C24H28N10O5S2/c1-2-39-31-17(14-12-41-24(26)28-14)20(35)29-18-21(36)34-19(23(37)38)13(11-40-22(18)34)10-32-8-9-33-16(32)5-4-15(30-33)27-7-3-6-25/h4-5,8-9,12,18,22H,2-3,6-7,10-11,25H2,1H3,(H4-,26,27,28,29,30,35,37,38)/b31-17-/t18-,22-/m1/s1. The van der Waals surface area contributed by atoms with E-state index in [1.807, 2.05) is 16.7 Å². The molecule has 6 N–H and O–H groups in total. The van der Waals surface area contributed by atoms with Crippen molar-refractivity contribution in [1.29, 1.82) is 0 Å². The van der Waals surface area contributed by atoms with Crippen LogP contribution in [0, 0.1) is 0 Å². The zero-order valence-electron chi connectivity index (χ0n) is 22.0. The molecule has 0 radical (unpaired) electrons. The first-order valence-electron chi connectivity index (χ1n) is 12.7. The van der Waals surface area contributed by atoms with Crippen molar-refractivity contribution in [3.8, 4) is 0 Å². The third kappa shape index (κ3) is 5.68. The number of nitrogens with zero attached hydrogens (tertiary/aromatic N) is 6. The molecule has 0 aromatic carbocycles. The van der Waals surface area contributed by atoms with Gasteiger partial charge in [0, 0.05) is 29.3 Å². The van der Waals surface area contributed by atoms with Gasteiger partial charge >= 0.3 is 5.65 Å². The summed E-state index contributed by atoms with van der Waals surface area (Å²) in [5.41, 5.74) is 12.3. The van der Waals surface area contributed by atoms with Crippen LogP contribution < -0.4 is 31.8 Å². The number of nitrogens with one attached hydrogen (secondary N) is 2. The lowest BCUT2D eigenvalue weighted by atomic mass is 10.0. The number of oxime groups is 1. The third-order valence-corrected chi connectivity index (χ3v) is 8.38. The summed E-state index contributed by atoms with van der Waals surface area (Å²) in [7, 11) is 0. The lowest BCUT2D eigenvalue weighted by Crippen LogP contribution is -2.71. The number of nitrogens with two attached hydrogens (primary N) is 2. The zero-order valence-corrected chi connectivity index (χ0v) is 23.6. The monoisotopic (exact) mass is 600 g/mol. The summed E-state index contributed by atoms with van der Waals surface area (Å²) >= 11 is 2.48. The minimum Gasteiger partial charge on any atom is -0.543 e. The second-order valence-corrected chi connectivity index (χ2v) is 11.0. The number of hydrogen-bond acceptors (Lipinski definition) is 13. The molecule has 15 nitrogen and oxygen atoms in total. The van der Waals surface area contributed by atoms with Gasteiger partial charge in [0.05, 0.1) is 11.7 Å². The number of carboxylic acid groups (broad SMARTS) is 1. The number of aliphatic carboxylic acids is 1. The fourth-order valence-electron chi connectivity index (χ4n) is 4.47. The van der Waals surface area contributed by atoms with Crippen LogP contribution >= 0.6 is 23.1 Å². The number of hydrogen-bond donors (Lipinski definition) is 4. The van der Waals surface area contributed by atoms with Crippen molar-refractivity contribution in [1.82, 2.24) is 24.8 Å². The Bertz CT molecular complexity index is 1550. The predicted molar refractivity (Wildman–Crippen MR) is 149 cm³/mol. The maximum absolute atomic E-state index is 13.2. The topological polar surface area (TPSA) is 209 Å². The minimum atomic E-state index is -1.46. The molecular weight excluding hydrogens is 572 g/mol. The summed E-state index contributed by atoms with van der Waals surface area (Å²) < 4.78 is 3.52. The molecule has 0 bridgehead atoms. The summed E-state index contributed by atoms with van der Waals surface area (Å²) in [6.07, 6.45) is 4.36. The van der Waals surface area contributed by atoms with E-state index in [1.54, 1.807) is 29.2 Å². The summed E-state index contributed by atoms with van der Waals surface area (Å²) in [5, 5.41) is 27.6. The van der Waals surface area contributed by atoms with E-state index < -0.39 is 29.2 Å². The predicted octanol–water partition coefficient (Wildman–Crippen LogP) is -1.73. The largest absolute Gasteiger partial charge is 0.543 e. The van der Waals surface area contributed by atoms with Crippen molar-refractivity contribution in [2.24, 2.45) is 10.9 Å². The summed E-state index contributed by atoms with van der Waals surface area (Å²) in [6.45, 7) is 3.40. The molecule has 216 valence electrons. The van der Waals surface area contributed by atoms with Crippen molar-refractivity contribution in [3.05, 3.63) is 46.9 Å². The Morgan fingerprint density at radius 3 is 2.90 bits per heavy atom. The number of carboxylic acids is 1. The Labute approximate surface area is 242 Å². The summed E-state index contributed by atoms with van der Waals surface area (Å²) in [4.78, 5) is 48.8. The van der Waals surface area contributed by atoms with Crippen LogP contribution in [0.15, 0.2) is 46.3 Å². The number of thioether (sulfide) groups is 1. The van der Waals surface area contributed by atoms with E-state index in [-0.39, 0.29) is 35.4 Å². The average Bonchev–Trinajstić information content (AvgIpc) is 3.57. The SMILES string of the molecule is CCO/N=C(\C(=O)N[C@@H]1C(=O)N2C(C(=O)[O-])=C(C[n+]3ccn4nc(NCCCN)ccc43)CS[C@H]12)c1csc(N)n1. The Balaban J connectivity index is 1.33. The number of rotatable bonds is 12. The fraction of sp³-hybridized carbons (Fsp3) is 0.375. The van der Waals surface area contributed by atoms with Crippen molar-refractivity contribution in [2.45, 2.75) is 31.3 Å². The quantitative estimate of drug-likeness (QED) is 0.0603. The van der Waals surface area contributed by atoms with Gasteiger partial charge in [0.25, 0.3) is 11.8 Å². The first-order valence-corrected chi connectivity index (χ1v) is 14.7. The average molecular weight is 601 g/mol. The first-order chi connectivity index (χ1) is 19.8. The molecule has 1 saturated heterocycles. The van der Waals surface area contributed by atoms with Crippen molar-refractivity contribution >= 4 is 63.2 Å². The van der Waals surface area contributed by atoms with Crippen LogP contribution in [0.2, 0.25) is 0 Å². The smallest absolute Gasteiger partial charge is 0.307 e. The second kappa shape index (κ2) is 12.1.